The molecule has 3 rings (SSSR count). The summed E-state index contributed by atoms with van der Waals surface area (Å²) in [6.45, 7) is 3.97. The maximum Gasteiger partial charge on any atom is 0.266 e. The lowest BCUT2D eigenvalue weighted by molar-refractivity contribution is -0.112. The van der Waals surface area contributed by atoms with Crippen LogP contribution in [0.4, 0.5) is 5.69 Å². The van der Waals surface area contributed by atoms with Gasteiger partial charge in [-0.1, -0.05) is 29.8 Å². The lowest BCUT2D eigenvalue weighted by Gasteiger charge is -2.08. The van der Waals surface area contributed by atoms with Gasteiger partial charge in [-0.3, -0.25) is 9.78 Å². The zero-order valence-corrected chi connectivity index (χ0v) is 15.3. The maximum absolute atomic E-state index is 12.5. The highest BCUT2D eigenvalue weighted by molar-refractivity contribution is 6.12. The highest BCUT2D eigenvalue weighted by atomic mass is 35.5. The van der Waals surface area contributed by atoms with Crippen LogP contribution in [0.2, 0.25) is 0 Å². The van der Waals surface area contributed by atoms with Gasteiger partial charge < -0.3 is 5.32 Å². The van der Waals surface area contributed by atoms with Crippen molar-refractivity contribution >= 4 is 41.0 Å². The van der Waals surface area contributed by atoms with Crippen molar-refractivity contribution in [3.05, 3.63) is 77.0 Å². The lowest BCUT2D eigenvalue weighted by atomic mass is 10.0. The summed E-state index contributed by atoms with van der Waals surface area (Å²) in [7, 11) is 0. The molecule has 0 atom stereocenters. The van der Waals surface area contributed by atoms with E-state index in [4.69, 9.17) is 0 Å². The summed E-state index contributed by atoms with van der Waals surface area (Å²) in [6.07, 6.45) is 3.32. The molecule has 26 heavy (non-hydrogen) atoms. The van der Waals surface area contributed by atoms with Crippen molar-refractivity contribution in [2.24, 2.45) is 0 Å². The van der Waals surface area contributed by atoms with Gasteiger partial charge >= 0.3 is 0 Å². The molecule has 1 amide bonds. The van der Waals surface area contributed by atoms with Gasteiger partial charge in [-0.05, 0) is 55.3 Å². The van der Waals surface area contributed by atoms with Crippen LogP contribution in [0.25, 0.3) is 17.0 Å². The number of nitriles is 1. The van der Waals surface area contributed by atoms with Crippen LogP contribution in [0.3, 0.4) is 0 Å². The van der Waals surface area contributed by atoms with Gasteiger partial charge in [-0.25, -0.2) is 0 Å². The van der Waals surface area contributed by atoms with Crippen molar-refractivity contribution in [2.45, 2.75) is 13.8 Å². The summed E-state index contributed by atoms with van der Waals surface area (Å²) in [6, 6.07) is 17.1. The molecule has 1 heterocycles. The molecule has 0 radical (unpaired) electrons. The summed E-state index contributed by atoms with van der Waals surface area (Å²) < 4.78 is 0. The average Bonchev–Trinajstić information content (AvgIpc) is 2.61. The number of carbonyl (C=O) groups excluding carboxylic acids is 1. The standard InChI is InChI=1S/C21H17N3O.ClH/c1-14-8-9-16(15(2)11-14)12-17(13-22)21(25)24-20-7-3-6-19-18(20)5-4-10-23-19;/h3-12H,1-2H3,(H,24,25);1H/b17-12+;. The molecule has 2 aromatic carbocycles. The molecule has 0 aliphatic carbocycles. The predicted molar refractivity (Wildman–Crippen MR) is 107 cm³/mol. The minimum absolute atomic E-state index is 0. The second-order valence-corrected chi connectivity index (χ2v) is 5.86. The monoisotopic (exact) mass is 363 g/mol. The molecular weight excluding hydrogens is 346 g/mol. The van der Waals surface area contributed by atoms with Crippen LogP contribution < -0.4 is 5.32 Å². The molecule has 0 saturated carbocycles. The highest BCUT2D eigenvalue weighted by Gasteiger charge is 2.12. The van der Waals surface area contributed by atoms with Crippen LogP contribution in [0.1, 0.15) is 16.7 Å². The largest absolute Gasteiger partial charge is 0.321 e. The van der Waals surface area contributed by atoms with E-state index in [2.05, 4.69) is 10.3 Å². The molecule has 0 saturated heterocycles. The molecule has 130 valence electrons. The number of pyridine rings is 1. The van der Waals surface area contributed by atoms with Crippen molar-refractivity contribution in [1.82, 2.24) is 4.98 Å². The summed E-state index contributed by atoms with van der Waals surface area (Å²) in [4.78, 5) is 16.8. The minimum Gasteiger partial charge on any atom is -0.321 e. The van der Waals surface area contributed by atoms with Crippen molar-refractivity contribution in [1.29, 1.82) is 5.26 Å². The minimum atomic E-state index is -0.432. The Bertz CT molecular complexity index is 1030. The molecule has 3 aromatic rings. The van der Waals surface area contributed by atoms with E-state index < -0.39 is 5.91 Å². The number of rotatable bonds is 3. The Morgan fingerprint density at radius 1 is 1.15 bits per heavy atom. The van der Waals surface area contributed by atoms with Gasteiger partial charge in [0.2, 0.25) is 0 Å². The Morgan fingerprint density at radius 3 is 2.69 bits per heavy atom. The Hall–Kier alpha value is -3.16. The van der Waals surface area contributed by atoms with Gasteiger partial charge in [-0.15, -0.1) is 12.4 Å². The fraction of sp³-hybridized carbons (Fsp3) is 0.0952. The molecule has 1 N–H and O–H groups in total. The van der Waals surface area contributed by atoms with Crippen molar-refractivity contribution in [3.8, 4) is 6.07 Å². The Balaban J connectivity index is 0.00000243. The second-order valence-electron chi connectivity index (χ2n) is 5.86. The van der Waals surface area contributed by atoms with Gasteiger partial charge in [0.1, 0.15) is 11.6 Å². The molecule has 1 aromatic heterocycles. The number of hydrogen-bond acceptors (Lipinski definition) is 3. The third-order valence-electron chi connectivity index (χ3n) is 3.98. The van der Waals surface area contributed by atoms with Crippen molar-refractivity contribution in [2.75, 3.05) is 5.32 Å². The highest BCUT2D eigenvalue weighted by Crippen LogP contribution is 2.22. The summed E-state index contributed by atoms with van der Waals surface area (Å²) in [5, 5.41) is 13.1. The maximum atomic E-state index is 12.5. The molecule has 5 heteroatoms. The number of halogens is 1. The van der Waals surface area contributed by atoms with E-state index in [0.717, 1.165) is 27.6 Å². The number of benzene rings is 2. The van der Waals surface area contributed by atoms with E-state index in [0.29, 0.717) is 5.69 Å². The number of aromatic nitrogens is 1. The van der Waals surface area contributed by atoms with Crippen molar-refractivity contribution in [3.63, 3.8) is 0 Å². The fourth-order valence-electron chi connectivity index (χ4n) is 2.69. The molecule has 0 fully saturated rings. The van der Waals surface area contributed by atoms with Crippen LogP contribution in [-0.2, 0) is 4.79 Å². The van der Waals surface area contributed by atoms with E-state index >= 15 is 0 Å². The molecule has 0 unspecified atom stereocenters. The third-order valence-corrected chi connectivity index (χ3v) is 3.98. The van der Waals surface area contributed by atoms with Gasteiger partial charge in [0, 0.05) is 11.6 Å². The molecule has 0 spiro atoms. The van der Waals surface area contributed by atoms with Crippen molar-refractivity contribution < 1.29 is 4.79 Å². The van der Waals surface area contributed by atoms with Crippen LogP contribution in [-0.4, -0.2) is 10.9 Å². The van der Waals surface area contributed by atoms with Gasteiger partial charge in [-0.2, -0.15) is 5.26 Å². The zero-order valence-electron chi connectivity index (χ0n) is 14.5. The number of carbonyl (C=O) groups is 1. The van der Waals surface area contributed by atoms with Gasteiger partial charge in [0.05, 0.1) is 11.2 Å². The predicted octanol–water partition coefficient (Wildman–Crippen LogP) is 4.82. The van der Waals surface area contributed by atoms with Crippen LogP contribution in [0.15, 0.2) is 60.3 Å². The Labute approximate surface area is 158 Å². The topological polar surface area (TPSA) is 65.8 Å². The Morgan fingerprint density at radius 2 is 1.96 bits per heavy atom. The first-order chi connectivity index (χ1) is 12.1. The van der Waals surface area contributed by atoms with E-state index in [1.165, 1.54) is 0 Å². The molecular formula is C21H18ClN3O. The first-order valence-electron chi connectivity index (χ1n) is 7.92. The third kappa shape index (κ3) is 4.08. The average molecular weight is 364 g/mol. The molecule has 0 aliphatic rings. The Kier molecular flexibility index (Phi) is 6.11. The van der Waals surface area contributed by atoms with Gasteiger partial charge in [0.25, 0.3) is 5.91 Å². The second kappa shape index (κ2) is 8.28. The summed E-state index contributed by atoms with van der Waals surface area (Å²) >= 11 is 0. The van der Waals surface area contributed by atoms with E-state index in [1.54, 1.807) is 18.3 Å². The zero-order chi connectivity index (χ0) is 17.8. The number of hydrogen-bond donors (Lipinski definition) is 1. The van der Waals surface area contributed by atoms with Crippen LogP contribution in [0.5, 0.6) is 0 Å². The SMILES string of the molecule is Cc1ccc(/C=C(\C#N)C(=O)Nc2cccc3ncccc23)c(C)c1.Cl. The first kappa shape index (κ1) is 19.2. The number of fused-ring (bicyclic) bond motifs is 1. The van der Waals surface area contributed by atoms with E-state index in [-0.39, 0.29) is 18.0 Å². The summed E-state index contributed by atoms with van der Waals surface area (Å²) in [5.41, 5.74) is 4.51. The lowest BCUT2D eigenvalue weighted by Crippen LogP contribution is -2.13. The van der Waals surface area contributed by atoms with Crippen LogP contribution >= 0.6 is 12.4 Å². The first-order valence-corrected chi connectivity index (χ1v) is 7.92. The normalized spacial score (nSPS) is 10.7. The number of anilines is 1. The summed E-state index contributed by atoms with van der Waals surface area (Å²) in [5.74, 6) is -0.432. The number of nitrogens with one attached hydrogen (secondary N) is 1. The molecule has 0 bridgehead atoms. The molecule has 0 aliphatic heterocycles. The molecule has 4 nitrogen and oxygen atoms in total. The number of nitrogens with zero attached hydrogens (tertiary/aromatic N) is 2. The fourth-order valence-corrected chi connectivity index (χ4v) is 2.69. The quantitative estimate of drug-likeness (QED) is 0.536. The van der Waals surface area contributed by atoms with E-state index in [1.807, 2.05) is 62.4 Å². The smallest absolute Gasteiger partial charge is 0.266 e. The number of aryl methyl sites for hydroxylation is 2. The van der Waals surface area contributed by atoms with Crippen LogP contribution in [0, 0.1) is 25.2 Å². The number of amides is 1. The van der Waals surface area contributed by atoms with Gasteiger partial charge in [0.15, 0.2) is 0 Å². The van der Waals surface area contributed by atoms with E-state index in [9.17, 15) is 10.1 Å².